The molecule has 5 nitrogen and oxygen atoms in total. The van der Waals surface area contributed by atoms with E-state index in [1.165, 1.54) is 0 Å². The van der Waals surface area contributed by atoms with Crippen LogP contribution in [0.2, 0.25) is 0 Å². The quantitative estimate of drug-likeness (QED) is 0.901. The molecule has 1 fully saturated rings. The van der Waals surface area contributed by atoms with Gasteiger partial charge in [0.25, 0.3) is 5.91 Å². The molecule has 5 heteroatoms. The Morgan fingerprint density at radius 1 is 1.24 bits per heavy atom. The fraction of sp³-hybridized carbons (Fsp3) is 0.375. The molecule has 1 saturated carbocycles. The standard InChI is InChI=1S/C16H19N3O2/c20-15(17-12-16(21)9-4-5-10-16)14-8-11-19(18-14)13-6-2-1-3-7-13/h1-3,6-8,11,21H,4-5,9-10,12H2,(H,17,20). The molecule has 110 valence electrons. The summed E-state index contributed by atoms with van der Waals surface area (Å²) in [5.74, 6) is -0.245. The lowest BCUT2D eigenvalue weighted by Gasteiger charge is -2.21. The van der Waals surface area contributed by atoms with Gasteiger partial charge in [0.05, 0.1) is 11.3 Å². The molecule has 1 aliphatic rings. The van der Waals surface area contributed by atoms with Crippen LogP contribution in [-0.2, 0) is 0 Å². The third-order valence-electron chi connectivity index (χ3n) is 3.95. The number of hydrogen-bond acceptors (Lipinski definition) is 3. The van der Waals surface area contributed by atoms with Gasteiger partial charge < -0.3 is 10.4 Å². The van der Waals surface area contributed by atoms with Crippen molar-refractivity contribution < 1.29 is 9.90 Å². The summed E-state index contributed by atoms with van der Waals surface area (Å²) < 4.78 is 1.67. The number of hydrogen-bond donors (Lipinski definition) is 2. The Hall–Kier alpha value is -2.14. The molecule has 0 atom stereocenters. The van der Waals surface area contributed by atoms with Gasteiger partial charge in [0.2, 0.25) is 0 Å². The van der Waals surface area contributed by atoms with Gasteiger partial charge in [-0.25, -0.2) is 4.68 Å². The maximum absolute atomic E-state index is 12.1. The molecule has 1 aromatic carbocycles. The van der Waals surface area contributed by atoms with Gasteiger partial charge >= 0.3 is 0 Å². The fourth-order valence-corrected chi connectivity index (χ4v) is 2.71. The van der Waals surface area contributed by atoms with Crippen LogP contribution in [0.5, 0.6) is 0 Å². The summed E-state index contributed by atoms with van der Waals surface area (Å²) >= 11 is 0. The van der Waals surface area contributed by atoms with Crippen molar-refractivity contribution in [1.82, 2.24) is 15.1 Å². The third-order valence-corrected chi connectivity index (χ3v) is 3.95. The van der Waals surface area contributed by atoms with Crippen molar-refractivity contribution in [2.24, 2.45) is 0 Å². The van der Waals surface area contributed by atoms with E-state index >= 15 is 0 Å². The van der Waals surface area contributed by atoms with Crippen molar-refractivity contribution >= 4 is 5.91 Å². The average Bonchev–Trinajstić information content (AvgIpc) is 3.16. The van der Waals surface area contributed by atoms with Crippen LogP contribution in [0, 0.1) is 0 Å². The predicted molar refractivity (Wildman–Crippen MR) is 79.3 cm³/mol. The predicted octanol–water partition coefficient (Wildman–Crippen LogP) is 1.91. The van der Waals surface area contributed by atoms with Gasteiger partial charge in [0.15, 0.2) is 5.69 Å². The van der Waals surface area contributed by atoms with Gasteiger partial charge in [-0.3, -0.25) is 4.79 Å². The maximum Gasteiger partial charge on any atom is 0.271 e. The van der Waals surface area contributed by atoms with Gasteiger partial charge in [-0.2, -0.15) is 5.10 Å². The van der Waals surface area contributed by atoms with E-state index in [4.69, 9.17) is 0 Å². The zero-order valence-electron chi connectivity index (χ0n) is 11.8. The Balaban J connectivity index is 1.64. The first kappa shape index (κ1) is 13.8. The summed E-state index contributed by atoms with van der Waals surface area (Å²) in [5.41, 5.74) is 0.531. The Morgan fingerprint density at radius 2 is 1.95 bits per heavy atom. The Kier molecular flexibility index (Phi) is 3.75. The van der Waals surface area contributed by atoms with Gasteiger partial charge in [-0.05, 0) is 31.0 Å². The molecule has 0 spiro atoms. The molecule has 1 amide bonds. The van der Waals surface area contributed by atoms with Crippen LogP contribution in [0.25, 0.3) is 5.69 Å². The summed E-state index contributed by atoms with van der Waals surface area (Å²) in [7, 11) is 0. The molecule has 0 bridgehead atoms. The molecular weight excluding hydrogens is 266 g/mol. The van der Waals surface area contributed by atoms with Gasteiger partial charge in [-0.15, -0.1) is 0 Å². The summed E-state index contributed by atoms with van der Waals surface area (Å²) in [6.07, 6.45) is 5.32. The molecule has 2 aromatic rings. The normalized spacial score (nSPS) is 16.8. The second-order valence-electron chi connectivity index (χ2n) is 5.60. The molecule has 0 radical (unpaired) electrons. The van der Waals surface area contributed by atoms with Gasteiger partial charge in [0.1, 0.15) is 0 Å². The minimum atomic E-state index is -0.738. The smallest absolute Gasteiger partial charge is 0.271 e. The Bertz CT molecular complexity index is 615. The summed E-state index contributed by atoms with van der Waals surface area (Å²) in [6, 6.07) is 11.3. The molecule has 1 heterocycles. The number of nitrogens with zero attached hydrogens (tertiary/aromatic N) is 2. The molecule has 21 heavy (non-hydrogen) atoms. The van der Waals surface area contributed by atoms with Crippen molar-refractivity contribution in [1.29, 1.82) is 0 Å². The number of aliphatic hydroxyl groups is 1. The van der Waals surface area contributed by atoms with Crippen LogP contribution in [0.1, 0.15) is 36.2 Å². The van der Waals surface area contributed by atoms with Crippen molar-refractivity contribution in [3.05, 3.63) is 48.3 Å². The molecule has 1 aromatic heterocycles. The first-order valence-electron chi connectivity index (χ1n) is 7.28. The zero-order chi connectivity index (χ0) is 14.7. The molecule has 1 aliphatic carbocycles. The maximum atomic E-state index is 12.1. The summed E-state index contributed by atoms with van der Waals surface area (Å²) in [5, 5.41) is 17.3. The molecule has 0 unspecified atom stereocenters. The Labute approximate surface area is 123 Å². The first-order valence-corrected chi connectivity index (χ1v) is 7.28. The third kappa shape index (κ3) is 3.13. The highest BCUT2D eigenvalue weighted by atomic mass is 16.3. The van der Waals surface area contributed by atoms with E-state index < -0.39 is 5.60 Å². The number of rotatable bonds is 4. The molecule has 0 saturated heterocycles. The van der Waals surface area contributed by atoms with Crippen LogP contribution >= 0.6 is 0 Å². The van der Waals surface area contributed by atoms with Crippen molar-refractivity contribution in [3.8, 4) is 5.69 Å². The number of para-hydroxylation sites is 1. The topological polar surface area (TPSA) is 67.2 Å². The highest BCUT2D eigenvalue weighted by molar-refractivity contribution is 5.92. The zero-order valence-corrected chi connectivity index (χ0v) is 11.8. The molecule has 2 N–H and O–H groups in total. The number of aromatic nitrogens is 2. The number of benzene rings is 1. The first-order chi connectivity index (χ1) is 10.2. The van der Waals surface area contributed by atoms with Gasteiger partial charge in [-0.1, -0.05) is 31.0 Å². The minimum absolute atomic E-state index is 0.245. The number of nitrogens with one attached hydrogen (secondary N) is 1. The Morgan fingerprint density at radius 3 is 2.67 bits per heavy atom. The van der Waals surface area contributed by atoms with Crippen LogP contribution in [0.4, 0.5) is 0 Å². The SMILES string of the molecule is O=C(NCC1(O)CCCC1)c1ccn(-c2ccccc2)n1. The lowest BCUT2D eigenvalue weighted by molar-refractivity contribution is 0.0448. The largest absolute Gasteiger partial charge is 0.388 e. The summed E-state index contributed by atoms with van der Waals surface area (Å²) in [6.45, 7) is 0.296. The number of amides is 1. The van der Waals surface area contributed by atoms with Crippen molar-refractivity contribution in [3.63, 3.8) is 0 Å². The highest BCUT2D eigenvalue weighted by Crippen LogP contribution is 2.28. The molecule has 0 aliphatic heterocycles. The lowest BCUT2D eigenvalue weighted by Crippen LogP contribution is -2.40. The van der Waals surface area contributed by atoms with E-state index in [1.54, 1.807) is 16.9 Å². The van der Waals surface area contributed by atoms with E-state index in [2.05, 4.69) is 10.4 Å². The van der Waals surface area contributed by atoms with Gasteiger partial charge in [0, 0.05) is 12.7 Å². The second-order valence-corrected chi connectivity index (χ2v) is 5.60. The van der Waals surface area contributed by atoms with Crippen LogP contribution in [0.15, 0.2) is 42.6 Å². The van der Waals surface area contributed by atoms with E-state index in [0.717, 1.165) is 31.4 Å². The minimum Gasteiger partial charge on any atom is -0.388 e. The van der Waals surface area contributed by atoms with E-state index in [0.29, 0.717) is 12.2 Å². The highest BCUT2D eigenvalue weighted by Gasteiger charge is 2.31. The van der Waals surface area contributed by atoms with E-state index in [1.807, 2.05) is 30.3 Å². The summed E-state index contributed by atoms with van der Waals surface area (Å²) in [4.78, 5) is 12.1. The number of carbonyl (C=O) groups excluding carboxylic acids is 1. The molecule has 3 rings (SSSR count). The number of carbonyl (C=O) groups is 1. The van der Waals surface area contributed by atoms with Crippen LogP contribution in [0.3, 0.4) is 0 Å². The van der Waals surface area contributed by atoms with Crippen LogP contribution in [-0.4, -0.2) is 32.9 Å². The second kappa shape index (κ2) is 5.69. The monoisotopic (exact) mass is 285 g/mol. The average molecular weight is 285 g/mol. The van der Waals surface area contributed by atoms with Crippen molar-refractivity contribution in [2.75, 3.05) is 6.54 Å². The fourth-order valence-electron chi connectivity index (χ4n) is 2.71. The van der Waals surface area contributed by atoms with Crippen molar-refractivity contribution in [2.45, 2.75) is 31.3 Å². The molecular formula is C16H19N3O2. The van der Waals surface area contributed by atoms with E-state index in [-0.39, 0.29) is 5.91 Å². The van der Waals surface area contributed by atoms with Crippen LogP contribution < -0.4 is 5.32 Å². The lowest BCUT2D eigenvalue weighted by atomic mass is 10.0. The van der Waals surface area contributed by atoms with E-state index in [9.17, 15) is 9.90 Å².